The molecule has 1 aromatic carbocycles. The lowest BCUT2D eigenvalue weighted by molar-refractivity contribution is -0.127. The third kappa shape index (κ3) is 3.90. The van der Waals surface area contributed by atoms with Crippen LogP contribution in [0.3, 0.4) is 0 Å². The molecule has 2 aliphatic rings. The molecule has 0 aromatic heterocycles. The van der Waals surface area contributed by atoms with Crippen molar-refractivity contribution < 1.29 is 4.79 Å². The quantitative estimate of drug-likeness (QED) is 0.797. The van der Waals surface area contributed by atoms with Crippen LogP contribution in [0, 0.1) is 0 Å². The van der Waals surface area contributed by atoms with Gasteiger partial charge in [-0.1, -0.05) is 36.6 Å². The first-order valence-electron chi connectivity index (χ1n) is 8.19. The molecular weight excluding hydrogens is 296 g/mol. The second-order valence-electron chi connectivity index (χ2n) is 6.19. The number of amides is 1. The van der Waals surface area contributed by atoms with E-state index in [1.807, 2.05) is 35.2 Å². The number of carbonyl (C=O) groups is 1. The van der Waals surface area contributed by atoms with E-state index in [4.69, 9.17) is 11.6 Å². The van der Waals surface area contributed by atoms with Gasteiger partial charge >= 0.3 is 0 Å². The highest BCUT2D eigenvalue weighted by Crippen LogP contribution is 2.24. The summed E-state index contributed by atoms with van der Waals surface area (Å²) in [5, 5.41) is 0.694. The molecule has 2 fully saturated rings. The van der Waals surface area contributed by atoms with Gasteiger partial charge in [0.25, 0.3) is 0 Å². The number of piperazine rings is 1. The third-order valence-electron chi connectivity index (χ3n) is 4.73. The number of halogens is 1. The smallest absolute Gasteiger partial charge is 0.246 e. The van der Waals surface area contributed by atoms with Crippen molar-refractivity contribution in [1.82, 2.24) is 9.80 Å². The summed E-state index contributed by atoms with van der Waals surface area (Å²) in [6.07, 6.45) is 8.91. The predicted octanol–water partition coefficient (Wildman–Crippen LogP) is 3.44. The molecule has 4 heteroatoms. The molecular formula is C18H23ClN2O. The van der Waals surface area contributed by atoms with Gasteiger partial charge in [0.1, 0.15) is 0 Å². The number of rotatable bonds is 3. The van der Waals surface area contributed by atoms with Crippen LogP contribution in [-0.2, 0) is 4.79 Å². The molecule has 1 aliphatic carbocycles. The molecule has 22 heavy (non-hydrogen) atoms. The van der Waals surface area contributed by atoms with Crippen LogP contribution in [0.5, 0.6) is 0 Å². The van der Waals surface area contributed by atoms with E-state index < -0.39 is 0 Å². The van der Waals surface area contributed by atoms with E-state index in [0.29, 0.717) is 5.02 Å². The van der Waals surface area contributed by atoms with Gasteiger partial charge in [-0.05, 0) is 36.6 Å². The molecule has 1 saturated carbocycles. The Hall–Kier alpha value is -1.32. The SMILES string of the molecule is O=C(/C=C/c1cccc(Cl)c1)N1CCN(C2CCCC2)CC1. The number of nitrogens with zero attached hydrogens (tertiary/aromatic N) is 2. The average Bonchev–Trinajstić information content (AvgIpc) is 3.07. The van der Waals surface area contributed by atoms with Crippen molar-refractivity contribution in [3.63, 3.8) is 0 Å². The molecule has 3 rings (SSSR count). The molecule has 0 spiro atoms. The molecule has 118 valence electrons. The van der Waals surface area contributed by atoms with E-state index in [0.717, 1.165) is 37.8 Å². The Morgan fingerprint density at radius 3 is 2.55 bits per heavy atom. The second-order valence-corrected chi connectivity index (χ2v) is 6.62. The van der Waals surface area contributed by atoms with Crippen molar-refractivity contribution in [2.24, 2.45) is 0 Å². The summed E-state index contributed by atoms with van der Waals surface area (Å²) in [5.74, 6) is 0.103. The molecule has 1 aliphatic heterocycles. The van der Waals surface area contributed by atoms with Crippen LogP contribution in [0.1, 0.15) is 31.2 Å². The van der Waals surface area contributed by atoms with E-state index in [1.165, 1.54) is 25.7 Å². The summed E-state index contributed by atoms with van der Waals surface area (Å²) in [6, 6.07) is 8.31. The maximum atomic E-state index is 12.3. The highest BCUT2D eigenvalue weighted by atomic mass is 35.5. The van der Waals surface area contributed by atoms with Crippen LogP contribution in [0.2, 0.25) is 5.02 Å². The Bertz CT molecular complexity index is 544. The minimum atomic E-state index is 0.103. The van der Waals surface area contributed by atoms with Crippen LogP contribution in [0.25, 0.3) is 6.08 Å². The summed E-state index contributed by atoms with van der Waals surface area (Å²) in [6.45, 7) is 3.72. The summed E-state index contributed by atoms with van der Waals surface area (Å²) in [7, 11) is 0. The average molecular weight is 319 g/mol. The van der Waals surface area contributed by atoms with Crippen LogP contribution in [-0.4, -0.2) is 47.9 Å². The number of benzene rings is 1. The number of hydrogen-bond acceptors (Lipinski definition) is 2. The fourth-order valence-corrected chi connectivity index (χ4v) is 3.66. The summed E-state index contributed by atoms with van der Waals surface area (Å²) >= 11 is 5.95. The van der Waals surface area contributed by atoms with Crippen molar-refractivity contribution >= 4 is 23.6 Å². The highest BCUT2D eigenvalue weighted by molar-refractivity contribution is 6.30. The zero-order chi connectivity index (χ0) is 15.4. The van der Waals surface area contributed by atoms with Gasteiger partial charge in [-0.2, -0.15) is 0 Å². The van der Waals surface area contributed by atoms with Gasteiger partial charge in [0.2, 0.25) is 5.91 Å². The topological polar surface area (TPSA) is 23.6 Å². The zero-order valence-electron chi connectivity index (χ0n) is 12.9. The van der Waals surface area contributed by atoms with Gasteiger partial charge in [0, 0.05) is 43.3 Å². The normalized spacial score (nSPS) is 20.9. The largest absolute Gasteiger partial charge is 0.337 e. The summed E-state index contributed by atoms with van der Waals surface area (Å²) in [4.78, 5) is 16.8. The number of hydrogen-bond donors (Lipinski definition) is 0. The summed E-state index contributed by atoms with van der Waals surface area (Å²) < 4.78 is 0. The van der Waals surface area contributed by atoms with Crippen molar-refractivity contribution in [3.05, 3.63) is 40.9 Å². The Morgan fingerprint density at radius 1 is 1.14 bits per heavy atom. The van der Waals surface area contributed by atoms with Gasteiger partial charge in [-0.25, -0.2) is 0 Å². The lowest BCUT2D eigenvalue weighted by atomic mass is 10.1. The molecule has 1 heterocycles. The molecule has 0 bridgehead atoms. The molecule has 0 atom stereocenters. The van der Waals surface area contributed by atoms with E-state index in [9.17, 15) is 4.79 Å². The van der Waals surface area contributed by atoms with E-state index >= 15 is 0 Å². The van der Waals surface area contributed by atoms with Gasteiger partial charge < -0.3 is 4.90 Å². The molecule has 0 N–H and O–H groups in total. The van der Waals surface area contributed by atoms with Gasteiger partial charge in [0.15, 0.2) is 0 Å². The van der Waals surface area contributed by atoms with Gasteiger partial charge in [0.05, 0.1) is 0 Å². The Labute approximate surface area is 137 Å². The summed E-state index contributed by atoms with van der Waals surface area (Å²) in [5.41, 5.74) is 0.963. The first kappa shape index (κ1) is 15.6. The van der Waals surface area contributed by atoms with Gasteiger partial charge in [-0.15, -0.1) is 0 Å². The van der Waals surface area contributed by atoms with E-state index in [1.54, 1.807) is 6.08 Å². The maximum Gasteiger partial charge on any atom is 0.246 e. The van der Waals surface area contributed by atoms with Crippen molar-refractivity contribution in [3.8, 4) is 0 Å². The Morgan fingerprint density at radius 2 is 1.86 bits per heavy atom. The molecule has 0 radical (unpaired) electrons. The fraction of sp³-hybridized carbons (Fsp3) is 0.500. The Balaban J connectivity index is 1.51. The lowest BCUT2D eigenvalue weighted by Crippen LogP contribution is -2.51. The maximum absolute atomic E-state index is 12.3. The predicted molar refractivity (Wildman–Crippen MR) is 90.9 cm³/mol. The molecule has 1 amide bonds. The first-order chi connectivity index (χ1) is 10.7. The van der Waals surface area contributed by atoms with E-state index in [-0.39, 0.29) is 5.91 Å². The molecule has 1 aromatic rings. The van der Waals surface area contributed by atoms with Crippen LogP contribution in [0.15, 0.2) is 30.3 Å². The van der Waals surface area contributed by atoms with E-state index in [2.05, 4.69) is 4.90 Å². The minimum Gasteiger partial charge on any atom is -0.337 e. The minimum absolute atomic E-state index is 0.103. The van der Waals surface area contributed by atoms with Gasteiger partial charge in [-0.3, -0.25) is 9.69 Å². The standard InChI is InChI=1S/C18H23ClN2O/c19-16-5-3-4-15(14-16)8-9-18(22)21-12-10-20(11-13-21)17-6-1-2-7-17/h3-5,8-9,14,17H,1-2,6-7,10-13H2/b9-8+. The first-order valence-corrected chi connectivity index (χ1v) is 8.57. The fourth-order valence-electron chi connectivity index (χ4n) is 3.46. The number of carbonyl (C=O) groups excluding carboxylic acids is 1. The van der Waals surface area contributed by atoms with Crippen molar-refractivity contribution in [2.45, 2.75) is 31.7 Å². The van der Waals surface area contributed by atoms with Crippen LogP contribution < -0.4 is 0 Å². The molecule has 3 nitrogen and oxygen atoms in total. The highest BCUT2D eigenvalue weighted by Gasteiger charge is 2.27. The third-order valence-corrected chi connectivity index (χ3v) is 4.97. The van der Waals surface area contributed by atoms with Crippen molar-refractivity contribution in [1.29, 1.82) is 0 Å². The van der Waals surface area contributed by atoms with Crippen molar-refractivity contribution in [2.75, 3.05) is 26.2 Å². The second kappa shape index (κ2) is 7.30. The monoisotopic (exact) mass is 318 g/mol. The van der Waals surface area contributed by atoms with Crippen LogP contribution in [0.4, 0.5) is 0 Å². The molecule has 0 unspecified atom stereocenters. The molecule has 1 saturated heterocycles. The lowest BCUT2D eigenvalue weighted by Gasteiger charge is -2.37. The van der Waals surface area contributed by atoms with Crippen LogP contribution >= 0.6 is 11.6 Å². The Kier molecular flexibility index (Phi) is 5.16. The zero-order valence-corrected chi connectivity index (χ0v) is 13.6.